The van der Waals surface area contributed by atoms with Crippen molar-refractivity contribution in [3.8, 4) is 16.9 Å². The van der Waals surface area contributed by atoms with Gasteiger partial charge in [0.1, 0.15) is 23.9 Å². The smallest absolute Gasteiger partial charge is 0.255 e. The van der Waals surface area contributed by atoms with Crippen LogP contribution in [0.4, 0.5) is 10.1 Å². The highest BCUT2D eigenvalue weighted by molar-refractivity contribution is 6.04. The number of nitrogens with one attached hydrogen (secondary N) is 1. The van der Waals surface area contributed by atoms with Crippen molar-refractivity contribution in [1.29, 1.82) is 0 Å². The summed E-state index contributed by atoms with van der Waals surface area (Å²) < 4.78 is 24.5. The van der Waals surface area contributed by atoms with Gasteiger partial charge < -0.3 is 14.6 Å². The van der Waals surface area contributed by atoms with Gasteiger partial charge in [0.25, 0.3) is 5.91 Å². The summed E-state index contributed by atoms with van der Waals surface area (Å²) in [5, 5.41) is 6.91. The van der Waals surface area contributed by atoms with E-state index in [0.29, 0.717) is 29.4 Å². The van der Waals surface area contributed by atoms with Gasteiger partial charge in [-0.1, -0.05) is 5.16 Å². The Labute approximate surface area is 174 Å². The van der Waals surface area contributed by atoms with Crippen LogP contribution in [0.25, 0.3) is 11.1 Å². The number of ether oxygens (including phenoxy) is 1. The van der Waals surface area contributed by atoms with Crippen LogP contribution >= 0.6 is 0 Å². The Bertz CT molecular complexity index is 1020. The van der Waals surface area contributed by atoms with E-state index in [4.69, 9.17) is 9.26 Å². The average molecular weight is 409 g/mol. The van der Waals surface area contributed by atoms with Crippen molar-refractivity contribution in [3.63, 3.8) is 0 Å². The van der Waals surface area contributed by atoms with Gasteiger partial charge >= 0.3 is 0 Å². The molecule has 1 aromatic heterocycles. The molecule has 1 saturated heterocycles. The minimum atomic E-state index is -0.382. The first kappa shape index (κ1) is 20.1. The van der Waals surface area contributed by atoms with Gasteiger partial charge in [-0.25, -0.2) is 4.39 Å². The highest BCUT2D eigenvalue weighted by Gasteiger charge is 2.19. The average Bonchev–Trinajstić information content (AvgIpc) is 3.03. The maximum atomic E-state index is 13.1. The second-order valence-corrected chi connectivity index (χ2v) is 7.41. The number of rotatable bonds is 7. The molecule has 6 nitrogen and oxygen atoms in total. The van der Waals surface area contributed by atoms with Crippen LogP contribution in [0.2, 0.25) is 0 Å². The molecular weight excluding hydrogens is 385 g/mol. The monoisotopic (exact) mass is 409 g/mol. The largest absolute Gasteiger partial charge is 0.492 e. The number of benzene rings is 2. The third kappa shape index (κ3) is 4.36. The minimum Gasteiger partial charge on any atom is -0.492 e. The molecule has 4 rings (SSSR count). The van der Waals surface area contributed by atoms with Crippen LogP contribution in [-0.2, 0) is 0 Å². The van der Waals surface area contributed by atoms with Crippen LogP contribution in [0.15, 0.2) is 47.0 Å². The fourth-order valence-electron chi connectivity index (χ4n) is 3.49. The zero-order chi connectivity index (χ0) is 21.1. The molecule has 0 radical (unpaired) electrons. The second kappa shape index (κ2) is 8.67. The lowest BCUT2D eigenvalue weighted by atomic mass is 10.0. The molecule has 1 fully saturated rings. The number of hydrogen-bond donors (Lipinski definition) is 1. The summed E-state index contributed by atoms with van der Waals surface area (Å²) in [5.41, 5.74) is 3.40. The number of nitrogens with zero attached hydrogens (tertiary/aromatic N) is 2. The molecule has 2 heterocycles. The lowest BCUT2D eigenvalue weighted by Gasteiger charge is -2.30. The van der Waals surface area contributed by atoms with E-state index in [9.17, 15) is 9.18 Å². The quantitative estimate of drug-likeness (QED) is 0.625. The fourth-order valence-corrected chi connectivity index (χ4v) is 3.49. The number of amides is 1. The predicted molar refractivity (Wildman–Crippen MR) is 112 cm³/mol. The van der Waals surface area contributed by atoms with E-state index < -0.39 is 0 Å². The molecule has 7 heteroatoms. The van der Waals surface area contributed by atoms with E-state index in [1.54, 1.807) is 6.07 Å². The highest BCUT2D eigenvalue weighted by atomic mass is 19.1. The van der Waals surface area contributed by atoms with E-state index in [2.05, 4.69) is 15.4 Å². The zero-order valence-electron chi connectivity index (χ0n) is 17.1. The van der Waals surface area contributed by atoms with Crippen molar-refractivity contribution in [2.24, 2.45) is 0 Å². The fraction of sp³-hybridized carbons (Fsp3) is 0.304. The number of aromatic nitrogens is 1. The molecule has 0 saturated carbocycles. The lowest BCUT2D eigenvalue weighted by Crippen LogP contribution is -2.39. The maximum Gasteiger partial charge on any atom is 0.255 e. The van der Waals surface area contributed by atoms with Crippen LogP contribution in [0, 0.1) is 19.7 Å². The topological polar surface area (TPSA) is 67.6 Å². The summed E-state index contributed by atoms with van der Waals surface area (Å²) in [6.45, 7) is 7.42. The van der Waals surface area contributed by atoms with Crippen LogP contribution in [0.1, 0.15) is 28.2 Å². The first-order valence-corrected chi connectivity index (χ1v) is 10.0. The molecule has 156 valence electrons. The normalized spacial score (nSPS) is 13.7. The second-order valence-electron chi connectivity index (χ2n) is 7.41. The molecule has 1 aliphatic rings. The Morgan fingerprint density at radius 2 is 1.97 bits per heavy atom. The summed E-state index contributed by atoms with van der Waals surface area (Å²) in [6.07, 6.45) is 1.24. The summed E-state index contributed by atoms with van der Waals surface area (Å²) in [4.78, 5) is 14.9. The summed E-state index contributed by atoms with van der Waals surface area (Å²) in [7, 11) is 0. The Hall–Kier alpha value is -3.19. The zero-order valence-corrected chi connectivity index (χ0v) is 17.1. The van der Waals surface area contributed by atoms with Gasteiger partial charge in [-0.3, -0.25) is 9.69 Å². The number of carbonyl (C=O) groups excluding carboxylic acids is 1. The van der Waals surface area contributed by atoms with E-state index in [-0.39, 0.29) is 11.7 Å². The number of likely N-dealkylation sites (tertiary alicyclic amines) is 1. The Morgan fingerprint density at radius 1 is 1.20 bits per heavy atom. The van der Waals surface area contributed by atoms with Gasteiger partial charge in [-0.2, -0.15) is 0 Å². The van der Waals surface area contributed by atoms with Crippen LogP contribution in [0.5, 0.6) is 5.75 Å². The van der Waals surface area contributed by atoms with Crippen molar-refractivity contribution in [3.05, 3.63) is 65.3 Å². The molecule has 1 N–H and O–H groups in total. The Morgan fingerprint density at radius 3 is 2.60 bits per heavy atom. The Balaban J connectivity index is 1.58. The molecule has 30 heavy (non-hydrogen) atoms. The number of hydrogen-bond acceptors (Lipinski definition) is 5. The van der Waals surface area contributed by atoms with E-state index in [1.165, 1.54) is 30.7 Å². The minimum absolute atomic E-state index is 0.314. The van der Waals surface area contributed by atoms with Gasteiger partial charge in [0.05, 0.1) is 11.3 Å². The van der Waals surface area contributed by atoms with Crippen LogP contribution in [0.3, 0.4) is 0 Å². The predicted octanol–water partition coefficient (Wildman–Crippen LogP) is 4.43. The van der Waals surface area contributed by atoms with Gasteiger partial charge in [0, 0.05) is 23.4 Å². The standard InChI is InChI=1S/C23H24FN3O3/c1-15-22(16(2)30-26-15)20-14-19(25-23(28)17-4-6-18(24)7-5-17)8-9-21(20)29-13-12-27-10-3-11-27/h4-9,14H,3,10-13H2,1-2H3,(H,25,28). The number of halogens is 1. The lowest BCUT2D eigenvalue weighted by molar-refractivity contribution is 0.102. The highest BCUT2D eigenvalue weighted by Crippen LogP contribution is 2.36. The van der Waals surface area contributed by atoms with Gasteiger partial charge in [-0.15, -0.1) is 0 Å². The molecule has 0 aliphatic carbocycles. The summed E-state index contributed by atoms with van der Waals surface area (Å²) in [5.74, 6) is 0.699. The van der Waals surface area contributed by atoms with Gasteiger partial charge in [0.15, 0.2) is 0 Å². The van der Waals surface area contributed by atoms with Crippen LogP contribution < -0.4 is 10.1 Å². The van der Waals surface area contributed by atoms with Gasteiger partial charge in [0.2, 0.25) is 0 Å². The maximum absolute atomic E-state index is 13.1. The van der Waals surface area contributed by atoms with Crippen molar-refractivity contribution < 1.29 is 18.4 Å². The van der Waals surface area contributed by atoms with Crippen molar-refractivity contribution in [1.82, 2.24) is 10.1 Å². The number of aryl methyl sites for hydroxylation is 2. The summed E-state index contributed by atoms with van der Waals surface area (Å²) in [6, 6.07) is 10.9. The first-order chi connectivity index (χ1) is 14.5. The molecule has 2 aromatic carbocycles. The molecule has 0 atom stereocenters. The molecule has 1 amide bonds. The third-order valence-electron chi connectivity index (χ3n) is 5.26. The molecule has 0 spiro atoms. The number of anilines is 1. The summed E-state index contributed by atoms with van der Waals surface area (Å²) >= 11 is 0. The molecule has 1 aliphatic heterocycles. The third-order valence-corrected chi connectivity index (χ3v) is 5.26. The van der Waals surface area contributed by atoms with E-state index in [0.717, 1.165) is 36.5 Å². The van der Waals surface area contributed by atoms with Crippen molar-refractivity contribution in [2.45, 2.75) is 20.3 Å². The SMILES string of the molecule is Cc1noc(C)c1-c1cc(NC(=O)c2ccc(F)cc2)ccc1OCCN1CCC1. The van der Waals surface area contributed by atoms with Crippen LogP contribution in [-0.4, -0.2) is 42.2 Å². The molecule has 3 aromatic rings. The van der Waals surface area contributed by atoms with E-state index in [1.807, 2.05) is 26.0 Å². The van der Waals surface area contributed by atoms with Crippen molar-refractivity contribution in [2.75, 3.05) is 31.6 Å². The van der Waals surface area contributed by atoms with Gasteiger partial charge in [-0.05, 0) is 75.8 Å². The number of carbonyl (C=O) groups is 1. The van der Waals surface area contributed by atoms with Crippen molar-refractivity contribution >= 4 is 11.6 Å². The Kier molecular flexibility index (Phi) is 5.81. The molecule has 0 bridgehead atoms. The first-order valence-electron chi connectivity index (χ1n) is 10.0. The molecular formula is C23H24FN3O3. The van der Waals surface area contributed by atoms with E-state index >= 15 is 0 Å². The molecule has 0 unspecified atom stereocenters.